The molecule has 0 radical (unpaired) electrons. The van der Waals surface area contributed by atoms with Crippen LogP contribution in [0.4, 0.5) is 29.2 Å². The van der Waals surface area contributed by atoms with Gasteiger partial charge in [-0.05, 0) is 61.0 Å². The Balaban J connectivity index is 1.59. The minimum absolute atomic E-state index is 0.285. The van der Waals surface area contributed by atoms with Crippen LogP contribution in [0.15, 0.2) is 84.0 Å². The zero-order chi connectivity index (χ0) is 23.0. The SMILES string of the molecule is COc1ccc(Nc2nc(N/N=C(/C)c3ccc(Cl)cc3)nc(Nc3ccccc3)n2)cc1. The fourth-order valence-electron chi connectivity index (χ4n) is 2.88. The zero-order valence-electron chi connectivity index (χ0n) is 18.1. The van der Waals surface area contributed by atoms with Crippen molar-refractivity contribution in [1.29, 1.82) is 0 Å². The zero-order valence-corrected chi connectivity index (χ0v) is 18.8. The first-order valence-electron chi connectivity index (χ1n) is 10.1. The van der Waals surface area contributed by atoms with Gasteiger partial charge in [-0.15, -0.1) is 0 Å². The molecule has 0 unspecified atom stereocenters. The Hall–Kier alpha value is -4.17. The van der Waals surface area contributed by atoms with Gasteiger partial charge in [0.2, 0.25) is 17.8 Å². The Morgan fingerprint density at radius 3 is 1.94 bits per heavy atom. The summed E-state index contributed by atoms with van der Waals surface area (Å²) >= 11 is 5.97. The summed E-state index contributed by atoms with van der Waals surface area (Å²) in [6, 6.07) is 24.5. The van der Waals surface area contributed by atoms with Gasteiger partial charge in [0.05, 0.1) is 12.8 Å². The molecular weight excluding hydrogens is 438 g/mol. The second kappa shape index (κ2) is 10.4. The number of aromatic nitrogens is 3. The van der Waals surface area contributed by atoms with Crippen LogP contribution in [0, 0.1) is 0 Å². The normalized spacial score (nSPS) is 11.1. The van der Waals surface area contributed by atoms with Gasteiger partial charge in [0, 0.05) is 16.4 Å². The first kappa shape index (κ1) is 22.0. The number of hydrazone groups is 1. The molecule has 0 bridgehead atoms. The molecule has 8 nitrogen and oxygen atoms in total. The van der Waals surface area contributed by atoms with Crippen molar-refractivity contribution in [3.63, 3.8) is 0 Å². The molecule has 0 atom stereocenters. The Kier molecular flexibility index (Phi) is 6.96. The third-order valence-electron chi connectivity index (χ3n) is 4.60. The molecule has 0 spiro atoms. The maximum atomic E-state index is 5.97. The molecule has 0 amide bonds. The third-order valence-corrected chi connectivity index (χ3v) is 4.85. The number of halogens is 1. The van der Waals surface area contributed by atoms with E-state index in [-0.39, 0.29) is 5.95 Å². The van der Waals surface area contributed by atoms with E-state index in [1.807, 2.05) is 85.8 Å². The fraction of sp³-hybridized carbons (Fsp3) is 0.0833. The van der Waals surface area contributed by atoms with Gasteiger partial charge in [-0.2, -0.15) is 20.1 Å². The molecule has 3 aromatic carbocycles. The molecule has 4 rings (SSSR count). The molecule has 4 aromatic rings. The first-order valence-corrected chi connectivity index (χ1v) is 10.5. The van der Waals surface area contributed by atoms with Crippen LogP contribution in [0.25, 0.3) is 0 Å². The number of nitrogens with zero attached hydrogens (tertiary/aromatic N) is 4. The molecule has 1 aromatic heterocycles. The lowest BCUT2D eigenvalue weighted by atomic mass is 10.1. The molecule has 3 N–H and O–H groups in total. The van der Waals surface area contributed by atoms with Crippen LogP contribution < -0.4 is 20.8 Å². The highest BCUT2D eigenvalue weighted by Gasteiger charge is 2.08. The molecule has 166 valence electrons. The fourth-order valence-corrected chi connectivity index (χ4v) is 3.01. The van der Waals surface area contributed by atoms with Crippen LogP contribution in [0.1, 0.15) is 12.5 Å². The molecule has 33 heavy (non-hydrogen) atoms. The third kappa shape index (κ3) is 6.18. The average molecular weight is 460 g/mol. The van der Waals surface area contributed by atoms with Crippen LogP contribution in [-0.2, 0) is 0 Å². The van der Waals surface area contributed by atoms with Crippen LogP contribution in [0.3, 0.4) is 0 Å². The van der Waals surface area contributed by atoms with Crippen molar-refractivity contribution in [3.8, 4) is 5.75 Å². The number of hydrogen-bond acceptors (Lipinski definition) is 8. The molecule has 0 saturated carbocycles. The largest absolute Gasteiger partial charge is 0.497 e. The minimum Gasteiger partial charge on any atom is -0.497 e. The molecule has 0 aliphatic heterocycles. The number of anilines is 5. The van der Waals surface area contributed by atoms with Gasteiger partial charge in [0.25, 0.3) is 0 Å². The summed E-state index contributed by atoms with van der Waals surface area (Å²) in [5.74, 6) is 1.77. The van der Waals surface area contributed by atoms with Crippen molar-refractivity contribution in [2.75, 3.05) is 23.2 Å². The monoisotopic (exact) mass is 459 g/mol. The van der Waals surface area contributed by atoms with Gasteiger partial charge >= 0.3 is 0 Å². The van der Waals surface area contributed by atoms with E-state index in [1.165, 1.54) is 0 Å². The Labute approximate surface area is 196 Å². The van der Waals surface area contributed by atoms with E-state index in [0.717, 1.165) is 28.4 Å². The van der Waals surface area contributed by atoms with E-state index in [2.05, 4.69) is 36.1 Å². The van der Waals surface area contributed by atoms with Crippen molar-refractivity contribution in [3.05, 3.63) is 89.4 Å². The molecule has 0 fully saturated rings. The number of rotatable bonds is 8. The number of methoxy groups -OCH3 is 1. The summed E-state index contributed by atoms with van der Waals surface area (Å²) in [4.78, 5) is 13.4. The van der Waals surface area contributed by atoms with Crippen molar-refractivity contribution in [1.82, 2.24) is 15.0 Å². The first-order chi connectivity index (χ1) is 16.1. The second-order valence-corrected chi connectivity index (χ2v) is 7.40. The van der Waals surface area contributed by atoms with E-state index >= 15 is 0 Å². The highest BCUT2D eigenvalue weighted by Crippen LogP contribution is 2.21. The van der Waals surface area contributed by atoms with Gasteiger partial charge in [0.15, 0.2) is 0 Å². The predicted molar refractivity (Wildman–Crippen MR) is 133 cm³/mol. The molecule has 0 saturated heterocycles. The second-order valence-electron chi connectivity index (χ2n) is 6.97. The van der Waals surface area contributed by atoms with Crippen LogP contribution >= 0.6 is 11.6 Å². The minimum atomic E-state index is 0.285. The van der Waals surface area contributed by atoms with Gasteiger partial charge in [-0.3, -0.25) is 0 Å². The highest BCUT2D eigenvalue weighted by molar-refractivity contribution is 6.30. The van der Waals surface area contributed by atoms with Crippen LogP contribution in [0.5, 0.6) is 5.75 Å². The lowest BCUT2D eigenvalue weighted by Crippen LogP contribution is -2.08. The smallest absolute Gasteiger partial charge is 0.250 e. The maximum absolute atomic E-state index is 5.97. The average Bonchev–Trinajstić information content (AvgIpc) is 2.84. The summed E-state index contributed by atoms with van der Waals surface area (Å²) in [6.45, 7) is 1.89. The lowest BCUT2D eigenvalue weighted by molar-refractivity contribution is 0.415. The van der Waals surface area contributed by atoms with E-state index in [1.54, 1.807) is 7.11 Å². The number of ether oxygens (including phenoxy) is 1. The summed E-state index contributed by atoms with van der Waals surface area (Å²) in [6.07, 6.45) is 0. The van der Waals surface area contributed by atoms with Crippen molar-refractivity contribution in [2.45, 2.75) is 6.92 Å². The van der Waals surface area contributed by atoms with E-state index in [4.69, 9.17) is 16.3 Å². The number of hydrogen-bond donors (Lipinski definition) is 3. The van der Waals surface area contributed by atoms with Crippen LogP contribution in [-0.4, -0.2) is 27.8 Å². The van der Waals surface area contributed by atoms with Crippen molar-refractivity contribution < 1.29 is 4.74 Å². The van der Waals surface area contributed by atoms with Gasteiger partial charge in [0.1, 0.15) is 5.75 Å². The molecule has 9 heteroatoms. The standard InChI is InChI=1S/C24H22ClN7O/c1-16(17-8-10-18(25)11-9-17)31-32-24-29-22(26-19-6-4-3-5-7-19)28-23(30-24)27-20-12-14-21(33-2)15-13-20/h3-15H,1-2H3,(H3,26,27,28,29,30,32)/b31-16-. The van der Waals surface area contributed by atoms with Gasteiger partial charge < -0.3 is 15.4 Å². The molecular formula is C24H22ClN7O. The van der Waals surface area contributed by atoms with E-state index in [9.17, 15) is 0 Å². The Morgan fingerprint density at radius 1 is 0.758 bits per heavy atom. The quantitative estimate of drug-likeness (QED) is 0.224. The topological polar surface area (TPSA) is 96.4 Å². The molecule has 0 aliphatic rings. The number of benzene rings is 3. The number of para-hydroxylation sites is 1. The van der Waals surface area contributed by atoms with Crippen molar-refractivity contribution >= 4 is 46.5 Å². The summed E-state index contributed by atoms with van der Waals surface area (Å²) in [5, 5.41) is 11.5. The van der Waals surface area contributed by atoms with Gasteiger partial charge in [-0.1, -0.05) is 41.9 Å². The molecule has 1 heterocycles. The maximum Gasteiger partial charge on any atom is 0.250 e. The molecule has 0 aliphatic carbocycles. The summed E-state index contributed by atoms with van der Waals surface area (Å²) in [7, 11) is 1.63. The predicted octanol–water partition coefficient (Wildman–Crippen LogP) is 5.86. The van der Waals surface area contributed by atoms with E-state index < -0.39 is 0 Å². The highest BCUT2D eigenvalue weighted by atomic mass is 35.5. The van der Waals surface area contributed by atoms with E-state index in [0.29, 0.717) is 16.9 Å². The summed E-state index contributed by atoms with van der Waals surface area (Å²) in [5.41, 5.74) is 6.27. The lowest BCUT2D eigenvalue weighted by Gasteiger charge is -2.11. The van der Waals surface area contributed by atoms with Crippen LogP contribution in [0.2, 0.25) is 5.02 Å². The Bertz CT molecular complexity index is 1230. The summed E-state index contributed by atoms with van der Waals surface area (Å²) < 4.78 is 5.21. The van der Waals surface area contributed by atoms with Gasteiger partial charge in [-0.25, -0.2) is 5.43 Å². The number of nitrogens with one attached hydrogen (secondary N) is 3. The van der Waals surface area contributed by atoms with Crippen molar-refractivity contribution in [2.24, 2.45) is 5.10 Å². The Morgan fingerprint density at radius 2 is 1.33 bits per heavy atom.